The molecular formula is C17H18N4O4S. The average molecular weight is 374 g/mol. The lowest BCUT2D eigenvalue weighted by Gasteiger charge is -2.21. The summed E-state index contributed by atoms with van der Waals surface area (Å²) in [5, 5.41) is 0.607. The minimum absolute atomic E-state index is 0.0518. The second kappa shape index (κ2) is 6.77. The van der Waals surface area contributed by atoms with E-state index >= 15 is 0 Å². The molecule has 0 atom stereocenters. The van der Waals surface area contributed by atoms with Crippen LogP contribution in [0.1, 0.15) is 10.5 Å². The highest BCUT2D eigenvalue weighted by Crippen LogP contribution is 2.32. The van der Waals surface area contributed by atoms with Gasteiger partial charge in [0.1, 0.15) is 12.4 Å². The zero-order valence-corrected chi connectivity index (χ0v) is 15.1. The van der Waals surface area contributed by atoms with Gasteiger partial charge >= 0.3 is 0 Å². The van der Waals surface area contributed by atoms with Crippen LogP contribution in [0.15, 0.2) is 53.7 Å². The number of amides is 1. The van der Waals surface area contributed by atoms with E-state index < -0.39 is 15.9 Å². The molecule has 1 amide bonds. The number of aromatic nitrogens is 2. The third-order valence-corrected chi connectivity index (χ3v) is 5.70. The van der Waals surface area contributed by atoms with E-state index in [1.54, 1.807) is 41.0 Å². The van der Waals surface area contributed by atoms with Crippen molar-refractivity contribution in [1.82, 2.24) is 9.55 Å². The summed E-state index contributed by atoms with van der Waals surface area (Å²) < 4.78 is 33.7. The number of pyridine rings is 1. The number of nitrogens with zero attached hydrogens (tertiary/aromatic N) is 3. The molecule has 26 heavy (non-hydrogen) atoms. The topological polar surface area (TPSA) is 108 Å². The van der Waals surface area contributed by atoms with Gasteiger partial charge in [0.15, 0.2) is 5.03 Å². The Labute approximate surface area is 150 Å². The molecule has 136 valence electrons. The van der Waals surface area contributed by atoms with Crippen molar-refractivity contribution in [2.24, 2.45) is 5.73 Å². The zero-order chi connectivity index (χ0) is 18.9. The summed E-state index contributed by atoms with van der Waals surface area (Å²) in [6, 6.07) is 11.4. The van der Waals surface area contributed by atoms with Crippen molar-refractivity contribution in [2.75, 3.05) is 18.5 Å². The number of carbonyl (C=O) groups excluding carboxylic acids is 1. The number of hydrogen-bond acceptors (Lipinski definition) is 5. The quantitative estimate of drug-likeness (QED) is 0.704. The molecule has 2 N–H and O–H groups in total. The summed E-state index contributed by atoms with van der Waals surface area (Å²) in [6.45, 7) is 0.0518. The minimum atomic E-state index is -3.87. The first kappa shape index (κ1) is 17.9. The maximum Gasteiger partial charge on any atom is 0.281 e. The average Bonchev–Trinajstić information content (AvgIpc) is 3.01. The van der Waals surface area contributed by atoms with Gasteiger partial charge in [-0.2, -0.15) is 8.42 Å². The van der Waals surface area contributed by atoms with Gasteiger partial charge in [-0.05, 0) is 24.3 Å². The molecule has 0 spiro atoms. The molecule has 1 aromatic carbocycles. The van der Waals surface area contributed by atoms with E-state index in [1.807, 2.05) is 0 Å². The standard InChI is InChI=1S/C17H18N4O4S/c1-20(26(23,24)15-8-3-4-9-19-15)13-7-5-6-12-10-14(17(18)22)21(11-25-2)16(12)13/h3-10H,11H2,1-2H3,(H2,18,22). The Kier molecular flexibility index (Phi) is 4.66. The normalized spacial score (nSPS) is 11.6. The number of nitrogens with two attached hydrogens (primary N) is 1. The van der Waals surface area contributed by atoms with E-state index in [4.69, 9.17) is 10.5 Å². The number of ether oxygens (including phenoxy) is 1. The number of para-hydroxylation sites is 1. The second-order valence-corrected chi connectivity index (χ2v) is 7.51. The van der Waals surface area contributed by atoms with E-state index in [9.17, 15) is 13.2 Å². The maximum atomic E-state index is 12.9. The van der Waals surface area contributed by atoms with E-state index in [2.05, 4.69) is 4.98 Å². The van der Waals surface area contributed by atoms with Gasteiger partial charge in [0.25, 0.3) is 15.9 Å². The van der Waals surface area contributed by atoms with E-state index in [0.29, 0.717) is 16.6 Å². The molecule has 0 aliphatic rings. The molecule has 9 heteroatoms. The van der Waals surface area contributed by atoms with Crippen molar-refractivity contribution in [3.05, 3.63) is 54.4 Å². The first-order chi connectivity index (χ1) is 12.4. The van der Waals surface area contributed by atoms with Crippen LogP contribution in [-0.4, -0.2) is 38.0 Å². The van der Waals surface area contributed by atoms with Crippen LogP contribution in [0, 0.1) is 0 Å². The number of benzene rings is 1. The first-order valence-corrected chi connectivity index (χ1v) is 9.13. The summed E-state index contributed by atoms with van der Waals surface area (Å²) >= 11 is 0. The molecule has 3 aromatic rings. The highest BCUT2D eigenvalue weighted by molar-refractivity contribution is 7.92. The molecule has 2 heterocycles. The SMILES string of the molecule is COCn1c(C(N)=O)cc2cccc(N(C)S(=O)(=O)c3ccccn3)c21. The molecule has 0 aliphatic carbocycles. The lowest BCUT2D eigenvalue weighted by atomic mass is 10.2. The maximum absolute atomic E-state index is 12.9. The Morgan fingerprint density at radius 2 is 2.04 bits per heavy atom. The largest absolute Gasteiger partial charge is 0.364 e. The van der Waals surface area contributed by atoms with Crippen molar-refractivity contribution >= 4 is 32.5 Å². The predicted molar refractivity (Wildman–Crippen MR) is 97.3 cm³/mol. The molecule has 2 aromatic heterocycles. The van der Waals surface area contributed by atoms with Crippen LogP contribution in [0.5, 0.6) is 0 Å². The number of primary amides is 1. The van der Waals surface area contributed by atoms with Crippen molar-refractivity contribution in [3.63, 3.8) is 0 Å². The summed E-state index contributed by atoms with van der Waals surface area (Å²) in [6.07, 6.45) is 1.42. The van der Waals surface area contributed by atoms with Crippen LogP contribution >= 0.6 is 0 Å². The smallest absolute Gasteiger partial charge is 0.281 e. The molecule has 0 radical (unpaired) electrons. The summed E-state index contributed by atoms with van der Waals surface area (Å²) in [7, 11) is -0.957. The van der Waals surface area contributed by atoms with Gasteiger partial charge in [0.05, 0.1) is 11.2 Å². The fraction of sp³-hybridized carbons (Fsp3) is 0.176. The number of sulfonamides is 1. The second-order valence-electron chi connectivity index (χ2n) is 5.60. The summed E-state index contributed by atoms with van der Waals surface area (Å²) in [5.41, 5.74) is 6.61. The number of methoxy groups -OCH3 is 1. The van der Waals surface area contributed by atoms with Crippen molar-refractivity contribution in [1.29, 1.82) is 0 Å². The fourth-order valence-electron chi connectivity index (χ4n) is 2.80. The van der Waals surface area contributed by atoms with Crippen LogP contribution in [0.2, 0.25) is 0 Å². The number of rotatable bonds is 6. The van der Waals surface area contributed by atoms with Crippen molar-refractivity contribution in [2.45, 2.75) is 11.8 Å². The fourth-order valence-corrected chi connectivity index (χ4v) is 3.93. The van der Waals surface area contributed by atoms with E-state index in [-0.39, 0.29) is 17.5 Å². The molecule has 0 aliphatic heterocycles. The lowest BCUT2D eigenvalue weighted by Crippen LogP contribution is -2.28. The van der Waals surface area contributed by atoms with Gasteiger partial charge in [-0.3, -0.25) is 9.10 Å². The van der Waals surface area contributed by atoms with Gasteiger partial charge in [-0.1, -0.05) is 18.2 Å². The molecule has 0 fully saturated rings. The molecule has 3 rings (SSSR count). The number of fused-ring (bicyclic) bond motifs is 1. The minimum Gasteiger partial charge on any atom is -0.364 e. The molecule has 8 nitrogen and oxygen atoms in total. The Balaban J connectivity index is 2.23. The van der Waals surface area contributed by atoms with Gasteiger partial charge < -0.3 is 15.0 Å². The van der Waals surface area contributed by atoms with Gasteiger partial charge in [0.2, 0.25) is 0 Å². The first-order valence-electron chi connectivity index (χ1n) is 7.69. The van der Waals surface area contributed by atoms with E-state index in [1.165, 1.54) is 26.4 Å². The Hall–Kier alpha value is -2.91. The number of hydrogen-bond donors (Lipinski definition) is 1. The van der Waals surface area contributed by atoms with Crippen LogP contribution < -0.4 is 10.0 Å². The Morgan fingerprint density at radius 3 is 2.65 bits per heavy atom. The zero-order valence-electron chi connectivity index (χ0n) is 14.3. The summed E-state index contributed by atoms with van der Waals surface area (Å²) in [5.74, 6) is -0.626. The molecule has 0 saturated heterocycles. The Morgan fingerprint density at radius 1 is 1.27 bits per heavy atom. The van der Waals surface area contributed by atoms with Crippen molar-refractivity contribution < 1.29 is 17.9 Å². The van der Waals surface area contributed by atoms with Crippen LogP contribution in [0.3, 0.4) is 0 Å². The third kappa shape index (κ3) is 2.91. The molecule has 0 bridgehead atoms. The predicted octanol–water partition coefficient (Wildman–Crippen LogP) is 1.56. The van der Waals surface area contributed by atoms with Gasteiger partial charge in [-0.15, -0.1) is 0 Å². The summed E-state index contributed by atoms with van der Waals surface area (Å²) in [4.78, 5) is 15.7. The lowest BCUT2D eigenvalue weighted by molar-refractivity contribution is 0.0961. The van der Waals surface area contributed by atoms with Gasteiger partial charge in [-0.25, -0.2) is 4.98 Å². The highest BCUT2D eigenvalue weighted by Gasteiger charge is 2.26. The molecule has 0 saturated carbocycles. The van der Waals surface area contributed by atoms with Crippen LogP contribution in [0.4, 0.5) is 5.69 Å². The Bertz CT molecular complexity index is 1060. The molecular weight excluding hydrogens is 356 g/mol. The van der Waals surface area contributed by atoms with Gasteiger partial charge in [0, 0.05) is 25.7 Å². The molecule has 0 unspecified atom stereocenters. The number of carbonyl (C=O) groups is 1. The number of anilines is 1. The van der Waals surface area contributed by atoms with Crippen molar-refractivity contribution in [3.8, 4) is 0 Å². The van der Waals surface area contributed by atoms with Crippen LogP contribution in [0.25, 0.3) is 10.9 Å². The van der Waals surface area contributed by atoms with Crippen LogP contribution in [-0.2, 0) is 21.5 Å². The van der Waals surface area contributed by atoms with E-state index in [0.717, 1.165) is 4.31 Å². The highest BCUT2D eigenvalue weighted by atomic mass is 32.2. The third-order valence-electron chi connectivity index (χ3n) is 4.01. The monoisotopic (exact) mass is 374 g/mol.